The van der Waals surface area contributed by atoms with Crippen molar-refractivity contribution in [3.8, 4) is 0 Å². The van der Waals surface area contributed by atoms with E-state index in [-0.39, 0.29) is 5.69 Å². The predicted octanol–water partition coefficient (Wildman–Crippen LogP) is 0.609. The van der Waals surface area contributed by atoms with Crippen molar-refractivity contribution in [3.63, 3.8) is 0 Å². The van der Waals surface area contributed by atoms with E-state index in [4.69, 9.17) is 5.84 Å². The molecule has 0 aliphatic heterocycles. The molecular weight excluding hydrogens is 198 g/mol. The summed E-state index contributed by atoms with van der Waals surface area (Å²) in [6.45, 7) is 0. The van der Waals surface area contributed by atoms with Gasteiger partial charge in [0.05, 0.1) is 0 Å². The summed E-state index contributed by atoms with van der Waals surface area (Å²) in [6.07, 6.45) is 0.658. The van der Waals surface area contributed by atoms with Crippen LogP contribution in [0.25, 0.3) is 0 Å². The summed E-state index contributed by atoms with van der Waals surface area (Å²) in [6, 6.07) is 9.85. The average Bonchev–Trinajstić information content (AvgIpc) is 2.47. The van der Waals surface area contributed by atoms with Crippen molar-refractivity contribution >= 4 is 11.5 Å². The van der Waals surface area contributed by atoms with Crippen LogP contribution >= 0.6 is 11.5 Å². The van der Waals surface area contributed by atoms with Gasteiger partial charge in [-0.25, -0.2) is 4.79 Å². The van der Waals surface area contributed by atoms with Crippen LogP contribution < -0.4 is 11.5 Å². The molecule has 0 spiro atoms. The Morgan fingerprint density at radius 2 is 2.07 bits per heavy atom. The highest BCUT2D eigenvalue weighted by Crippen LogP contribution is 2.08. The van der Waals surface area contributed by atoms with Crippen molar-refractivity contribution in [3.05, 3.63) is 51.4 Å². The van der Waals surface area contributed by atoms with Crippen molar-refractivity contribution in [2.45, 2.75) is 6.42 Å². The smallest absolute Gasteiger partial charge is 0.325 e. The molecule has 1 aromatic heterocycles. The highest BCUT2D eigenvalue weighted by molar-refractivity contribution is 7.06. The van der Waals surface area contributed by atoms with Gasteiger partial charge >= 0.3 is 5.69 Å². The van der Waals surface area contributed by atoms with Gasteiger partial charge < -0.3 is 5.84 Å². The highest BCUT2D eigenvalue weighted by Gasteiger charge is 2.03. The van der Waals surface area contributed by atoms with Crippen LogP contribution in [0.5, 0.6) is 0 Å². The molecule has 0 unspecified atom stereocenters. The van der Waals surface area contributed by atoms with Gasteiger partial charge in [-0.1, -0.05) is 30.3 Å². The first kappa shape index (κ1) is 8.96. The van der Waals surface area contributed by atoms with Crippen molar-refractivity contribution < 1.29 is 0 Å². The van der Waals surface area contributed by atoms with E-state index in [1.807, 2.05) is 30.3 Å². The van der Waals surface area contributed by atoms with E-state index in [0.29, 0.717) is 6.42 Å². The average molecular weight is 207 g/mol. The van der Waals surface area contributed by atoms with Crippen LogP contribution in [0.3, 0.4) is 0 Å². The maximum Gasteiger partial charge on any atom is 0.376 e. The van der Waals surface area contributed by atoms with Crippen molar-refractivity contribution in [2.75, 3.05) is 5.84 Å². The molecule has 72 valence electrons. The zero-order valence-corrected chi connectivity index (χ0v) is 8.20. The number of aromatic nitrogens is 2. The number of nitrogens with two attached hydrogens (primary N) is 1. The normalized spacial score (nSPS) is 10.3. The van der Waals surface area contributed by atoms with Gasteiger partial charge in [-0.05, 0) is 17.1 Å². The van der Waals surface area contributed by atoms with E-state index in [1.54, 1.807) is 0 Å². The number of hydrogen-bond acceptors (Lipinski definition) is 4. The SMILES string of the molecule is Nn1sc(Cc2ccccc2)nc1=O. The number of hydrogen-bond donors (Lipinski definition) is 1. The fourth-order valence-electron chi connectivity index (χ4n) is 1.17. The fourth-order valence-corrected chi connectivity index (χ4v) is 1.87. The first-order valence-electron chi connectivity index (χ1n) is 4.14. The van der Waals surface area contributed by atoms with Crippen LogP contribution in [0.2, 0.25) is 0 Å². The molecule has 0 fully saturated rings. The Hall–Kier alpha value is -1.62. The van der Waals surface area contributed by atoms with Crippen molar-refractivity contribution in [1.82, 2.24) is 9.05 Å². The minimum absolute atomic E-state index is 0.388. The van der Waals surface area contributed by atoms with E-state index in [0.717, 1.165) is 14.6 Å². The molecule has 2 N–H and O–H groups in total. The summed E-state index contributed by atoms with van der Waals surface area (Å²) in [7, 11) is 0. The summed E-state index contributed by atoms with van der Waals surface area (Å²) < 4.78 is 1.04. The second-order valence-electron chi connectivity index (χ2n) is 2.87. The van der Waals surface area contributed by atoms with Gasteiger partial charge in [-0.3, -0.25) is 0 Å². The molecule has 4 nitrogen and oxygen atoms in total. The lowest BCUT2D eigenvalue weighted by Crippen LogP contribution is -2.21. The fraction of sp³-hybridized carbons (Fsp3) is 0.111. The van der Waals surface area contributed by atoms with Gasteiger partial charge in [0.15, 0.2) is 0 Å². The van der Waals surface area contributed by atoms with Crippen LogP contribution in [-0.4, -0.2) is 9.05 Å². The summed E-state index contributed by atoms with van der Waals surface area (Å²) in [5, 5.41) is 0.740. The number of nitrogen functional groups attached to an aromatic ring is 1. The molecule has 0 aliphatic carbocycles. The topological polar surface area (TPSA) is 60.9 Å². The Balaban J connectivity index is 2.23. The molecule has 14 heavy (non-hydrogen) atoms. The van der Waals surface area contributed by atoms with E-state index in [2.05, 4.69) is 4.98 Å². The maximum atomic E-state index is 11.0. The Kier molecular flexibility index (Phi) is 2.32. The van der Waals surface area contributed by atoms with Crippen LogP contribution in [-0.2, 0) is 6.42 Å². The Bertz CT molecular complexity index is 474. The minimum atomic E-state index is -0.388. The molecule has 0 aliphatic rings. The van der Waals surface area contributed by atoms with E-state index >= 15 is 0 Å². The van der Waals surface area contributed by atoms with Crippen LogP contribution in [0, 0.1) is 0 Å². The van der Waals surface area contributed by atoms with E-state index < -0.39 is 0 Å². The van der Waals surface area contributed by atoms with Gasteiger partial charge in [0.25, 0.3) is 0 Å². The minimum Gasteiger partial charge on any atom is -0.325 e. The third-order valence-electron chi connectivity index (χ3n) is 1.81. The molecule has 5 heteroatoms. The third-order valence-corrected chi connectivity index (χ3v) is 2.61. The molecule has 0 radical (unpaired) electrons. The van der Waals surface area contributed by atoms with Gasteiger partial charge in [-0.15, -0.1) is 0 Å². The first-order chi connectivity index (χ1) is 6.75. The summed E-state index contributed by atoms with van der Waals surface area (Å²) in [5.41, 5.74) is 0.739. The van der Waals surface area contributed by atoms with Crippen molar-refractivity contribution in [2.24, 2.45) is 0 Å². The molecule has 0 saturated heterocycles. The molecule has 0 amide bonds. The highest BCUT2D eigenvalue weighted by atomic mass is 32.1. The second-order valence-corrected chi connectivity index (χ2v) is 3.91. The Morgan fingerprint density at radius 3 is 2.64 bits per heavy atom. The molecule has 1 heterocycles. The molecular formula is C9H9N3OS. The first-order valence-corrected chi connectivity index (χ1v) is 4.91. The maximum absolute atomic E-state index is 11.0. The molecule has 2 aromatic rings. The number of nitrogens with zero attached hydrogens (tertiary/aromatic N) is 2. The standard InChI is InChI=1S/C9H9N3OS/c10-12-9(13)11-8(14-12)6-7-4-2-1-3-5-7/h1-5H,6,10H2. The lowest BCUT2D eigenvalue weighted by atomic mass is 10.2. The number of benzene rings is 1. The van der Waals surface area contributed by atoms with E-state index in [9.17, 15) is 4.79 Å². The van der Waals surface area contributed by atoms with E-state index in [1.165, 1.54) is 11.5 Å². The largest absolute Gasteiger partial charge is 0.376 e. The lowest BCUT2D eigenvalue weighted by Gasteiger charge is -1.94. The predicted molar refractivity (Wildman–Crippen MR) is 55.8 cm³/mol. The van der Waals surface area contributed by atoms with Gasteiger partial charge in [0.2, 0.25) is 0 Å². The zero-order chi connectivity index (χ0) is 9.97. The second kappa shape index (κ2) is 3.63. The summed E-state index contributed by atoms with van der Waals surface area (Å²) in [4.78, 5) is 14.8. The Morgan fingerprint density at radius 1 is 1.36 bits per heavy atom. The molecule has 0 bridgehead atoms. The summed E-state index contributed by atoms with van der Waals surface area (Å²) >= 11 is 1.18. The Labute approximate surface area is 84.8 Å². The van der Waals surface area contributed by atoms with Crippen LogP contribution in [0.1, 0.15) is 10.6 Å². The third kappa shape index (κ3) is 1.82. The van der Waals surface area contributed by atoms with Crippen molar-refractivity contribution in [1.29, 1.82) is 0 Å². The van der Waals surface area contributed by atoms with Crippen LogP contribution in [0.4, 0.5) is 0 Å². The molecule has 0 atom stereocenters. The van der Waals surface area contributed by atoms with Crippen LogP contribution in [0.15, 0.2) is 35.1 Å². The van der Waals surface area contributed by atoms with Gasteiger partial charge in [-0.2, -0.15) is 9.05 Å². The number of rotatable bonds is 2. The molecule has 0 saturated carbocycles. The molecule has 2 rings (SSSR count). The zero-order valence-electron chi connectivity index (χ0n) is 7.38. The van der Waals surface area contributed by atoms with Gasteiger partial charge in [0, 0.05) is 6.42 Å². The molecule has 1 aromatic carbocycles. The summed E-state index contributed by atoms with van der Waals surface area (Å²) in [5.74, 6) is 5.35. The quantitative estimate of drug-likeness (QED) is 0.734. The lowest BCUT2D eigenvalue weighted by molar-refractivity contribution is 0.985. The van der Waals surface area contributed by atoms with Gasteiger partial charge in [0.1, 0.15) is 5.01 Å². The monoisotopic (exact) mass is 207 g/mol.